The van der Waals surface area contributed by atoms with Gasteiger partial charge < -0.3 is 14.6 Å². The molecule has 0 fully saturated rings. The Balaban J connectivity index is 2.00. The number of carbonyl (C=O) groups is 1. The Morgan fingerprint density at radius 3 is 2.81 bits per heavy atom. The van der Waals surface area contributed by atoms with Crippen molar-refractivity contribution in [2.75, 3.05) is 7.11 Å². The van der Waals surface area contributed by atoms with Gasteiger partial charge in [0.2, 0.25) is 0 Å². The van der Waals surface area contributed by atoms with Crippen molar-refractivity contribution in [3.63, 3.8) is 0 Å². The van der Waals surface area contributed by atoms with E-state index in [4.69, 9.17) is 4.74 Å². The van der Waals surface area contributed by atoms with Crippen molar-refractivity contribution in [3.05, 3.63) is 35.0 Å². The topological polar surface area (TPSA) is 43.3 Å². The van der Waals surface area contributed by atoms with Crippen molar-refractivity contribution in [3.8, 4) is 0 Å². The SMILES string of the molecule is CCCn1cc(CCC(=O)OC)c2cc3c(cc21)CNC3. The van der Waals surface area contributed by atoms with Crippen LogP contribution in [0.25, 0.3) is 10.9 Å². The number of rotatable bonds is 5. The smallest absolute Gasteiger partial charge is 0.305 e. The third-order valence-electron chi connectivity index (χ3n) is 4.21. The Morgan fingerprint density at radius 1 is 1.33 bits per heavy atom. The highest BCUT2D eigenvalue weighted by atomic mass is 16.5. The van der Waals surface area contributed by atoms with Gasteiger partial charge in [0.15, 0.2) is 0 Å². The van der Waals surface area contributed by atoms with E-state index in [1.807, 2.05) is 0 Å². The van der Waals surface area contributed by atoms with Crippen molar-refractivity contribution in [2.45, 2.75) is 45.8 Å². The van der Waals surface area contributed by atoms with Crippen molar-refractivity contribution in [1.82, 2.24) is 9.88 Å². The monoisotopic (exact) mass is 286 g/mol. The van der Waals surface area contributed by atoms with Gasteiger partial charge in [0.25, 0.3) is 0 Å². The Labute approximate surface area is 125 Å². The number of methoxy groups -OCH3 is 1. The molecule has 0 saturated carbocycles. The Hall–Kier alpha value is -1.81. The fourth-order valence-corrected chi connectivity index (χ4v) is 3.12. The van der Waals surface area contributed by atoms with Gasteiger partial charge in [0.1, 0.15) is 0 Å². The van der Waals surface area contributed by atoms with Crippen LogP contribution in [0.1, 0.15) is 36.5 Å². The molecule has 1 aliphatic heterocycles. The summed E-state index contributed by atoms with van der Waals surface area (Å²) < 4.78 is 7.08. The first-order valence-electron chi connectivity index (χ1n) is 7.64. The van der Waals surface area contributed by atoms with E-state index < -0.39 is 0 Å². The molecule has 0 bridgehead atoms. The van der Waals surface area contributed by atoms with Crippen molar-refractivity contribution < 1.29 is 9.53 Å². The highest BCUT2D eigenvalue weighted by molar-refractivity contribution is 5.86. The maximum absolute atomic E-state index is 11.4. The van der Waals surface area contributed by atoms with Crippen LogP contribution in [0.15, 0.2) is 18.3 Å². The number of aromatic nitrogens is 1. The lowest BCUT2D eigenvalue weighted by Gasteiger charge is -2.05. The van der Waals surface area contributed by atoms with Crippen LogP contribution in [0.5, 0.6) is 0 Å². The quantitative estimate of drug-likeness (QED) is 0.860. The molecule has 4 nitrogen and oxygen atoms in total. The number of carbonyl (C=O) groups excluding carboxylic acids is 1. The number of ether oxygens (including phenoxy) is 1. The number of hydrogen-bond donors (Lipinski definition) is 1. The summed E-state index contributed by atoms with van der Waals surface area (Å²) in [5.74, 6) is -0.144. The van der Waals surface area contributed by atoms with Crippen LogP contribution >= 0.6 is 0 Å². The molecule has 21 heavy (non-hydrogen) atoms. The third kappa shape index (κ3) is 2.68. The molecule has 0 amide bonds. The van der Waals surface area contributed by atoms with Gasteiger partial charge in [-0.15, -0.1) is 0 Å². The van der Waals surface area contributed by atoms with E-state index in [-0.39, 0.29) is 5.97 Å². The van der Waals surface area contributed by atoms with E-state index >= 15 is 0 Å². The summed E-state index contributed by atoms with van der Waals surface area (Å²) in [5.41, 5.74) is 5.33. The molecule has 2 aromatic rings. The summed E-state index contributed by atoms with van der Waals surface area (Å²) in [6.45, 7) is 5.11. The second kappa shape index (κ2) is 5.90. The van der Waals surface area contributed by atoms with Gasteiger partial charge in [0.05, 0.1) is 7.11 Å². The molecule has 0 atom stereocenters. The fourth-order valence-electron chi connectivity index (χ4n) is 3.12. The Kier molecular flexibility index (Phi) is 3.97. The van der Waals surface area contributed by atoms with Crippen molar-refractivity contribution >= 4 is 16.9 Å². The van der Waals surface area contributed by atoms with Crippen molar-refractivity contribution in [2.24, 2.45) is 0 Å². The van der Waals surface area contributed by atoms with Crippen LogP contribution in [0.3, 0.4) is 0 Å². The zero-order valence-electron chi connectivity index (χ0n) is 12.7. The number of benzene rings is 1. The molecule has 0 spiro atoms. The molecule has 3 rings (SSSR count). The van der Waals surface area contributed by atoms with Gasteiger partial charge in [-0.3, -0.25) is 4.79 Å². The minimum absolute atomic E-state index is 0.144. The van der Waals surface area contributed by atoms with Crippen LogP contribution in [-0.4, -0.2) is 17.6 Å². The molecule has 0 saturated heterocycles. The molecule has 0 unspecified atom stereocenters. The zero-order valence-corrected chi connectivity index (χ0v) is 12.7. The summed E-state index contributed by atoms with van der Waals surface area (Å²) in [4.78, 5) is 11.4. The molecule has 1 aliphatic rings. The van der Waals surface area contributed by atoms with Crippen LogP contribution < -0.4 is 5.32 Å². The molecule has 1 aromatic heterocycles. The van der Waals surface area contributed by atoms with Gasteiger partial charge >= 0.3 is 5.97 Å². The minimum Gasteiger partial charge on any atom is -0.469 e. The van der Waals surface area contributed by atoms with Gasteiger partial charge in [-0.2, -0.15) is 0 Å². The lowest BCUT2D eigenvalue weighted by molar-refractivity contribution is -0.140. The molecule has 1 N–H and O–H groups in total. The number of aryl methyl sites for hydroxylation is 2. The summed E-state index contributed by atoms with van der Waals surface area (Å²) >= 11 is 0. The average molecular weight is 286 g/mol. The summed E-state index contributed by atoms with van der Waals surface area (Å²) in [5, 5.41) is 4.69. The third-order valence-corrected chi connectivity index (χ3v) is 4.21. The van der Waals surface area contributed by atoms with Gasteiger partial charge in [0, 0.05) is 43.2 Å². The largest absolute Gasteiger partial charge is 0.469 e. The standard InChI is InChI=1S/C17H22N2O2/c1-3-6-19-11-12(4-5-17(20)21-2)15-7-13-9-18-10-14(13)8-16(15)19/h7-8,11,18H,3-6,9-10H2,1-2H3. The predicted octanol–water partition coefficient (Wildman–Crippen LogP) is 2.76. The highest BCUT2D eigenvalue weighted by Gasteiger charge is 2.16. The summed E-state index contributed by atoms with van der Waals surface area (Å²) in [7, 11) is 1.45. The van der Waals surface area contributed by atoms with Gasteiger partial charge in [-0.25, -0.2) is 0 Å². The molecule has 0 aliphatic carbocycles. The number of nitrogens with zero attached hydrogens (tertiary/aromatic N) is 1. The van der Waals surface area contributed by atoms with E-state index in [1.165, 1.54) is 34.7 Å². The second-order valence-corrected chi connectivity index (χ2v) is 5.67. The van der Waals surface area contributed by atoms with Crippen LogP contribution in [-0.2, 0) is 35.6 Å². The fraction of sp³-hybridized carbons (Fsp3) is 0.471. The van der Waals surface area contributed by atoms with Gasteiger partial charge in [-0.1, -0.05) is 6.92 Å². The predicted molar refractivity (Wildman–Crippen MR) is 83.1 cm³/mol. The van der Waals surface area contributed by atoms with E-state index in [0.29, 0.717) is 6.42 Å². The second-order valence-electron chi connectivity index (χ2n) is 5.67. The Bertz CT molecular complexity index is 673. The molecule has 0 radical (unpaired) electrons. The highest BCUT2D eigenvalue weighted by Crippen LogP contribution is 2.28. The maximum atomic E-state index is 11.4. The first kappa shape index (κ1) is 14.1. The van der Waals surface area contributed by atoms with Gasteiger partial charge in [-0.05, 0) is 41.7 Å². The van der Waals surface area contributed by atoms with E-state index in [9.17, 15) is 4.79 Å². The zero-order chi connectivity index (χ0) is 14.8. The molecule has 2 heterocycles. The molecule has 112 valence electrons. The van der Waals surface area contributed by atoms with E-state index in [2.05, 4.69) is 35.1 Å². The normalized spacial score (nSPS) is 13.6. The van der Waals surface area contributed by atoms with E-state index in [0.717, 1.165) is 32.5 Å². The summed E-state index contributed by atoms with van der Waals surface area (Å²) in [6, 6.07) is 4.60. The lowest BCUT2D eigenvalue weighted by atomic mass is 10.0. The lowest BCUT2D eigenvalue weighted by Crippen LogP contribution is -2.01. The van der Waals surface area contributed by atoms with Crippen LogP contribution in [0, 0.1) is 0 Å². The number of fused-ring (bicyclic) bond motifs is 2. The van der Waals surface area contributed by atoms with Crippen LogP contribution in [0.2, 0.25) is 0 Å². The molecular weight excluding hydrogens is 264 g/mol. The molecular formula is C17H22N2O2. The average Bonchev–Trinajstić information content (AvgIpc) is 3.08. The summed E-state index contributed by atoms with van der Waals surface area (Å²) in [6.07, 6.45) is 4.50. The Morgan fingerprint density at radius 2 is 2.10 bits per heavy atom. The van der Waals surface area contributed by atoms with Crippen molar-refractivity contribution in [1.29, 1.82) is 0 Å². The van der Waals surface area contributed by atoms with E-state index in [1.54, 1.807) is 0 Å². The molecule has 1 aromatic carbocycles. The number of esters is 1. The molecule has 4 heteroatoms. The first-order valence-corrected chi connectivity index (χ1v) is 7.64. The number of nitrogens with one attached hydrogen (secondary N) is 1. The van der Waals surface area contributed by atoms with Crippen LogP contribution in [0.4, 0.5) is 0 Å². The first-order chi connectivity index (χ1) is 10.2. The maximum Gasteiger partial charge on any atom is 0.305 e. The minimum atomic E-state index is -0.144. The number of hydrogen-bond acceptors (Lipinski definition) is 3.